The molecule has 188 valence electrons. The molecule has 35 heavy (non-hydrogen) atoms. The minimum Gasteiger partial charge on any atom is -0.381 e. The molecule has 0 unspecified atom stereocenters. The van der Waals surface area contributed by atoms with Crippen LogP contribution in [0.5, 0.6) is 0 Å². The number of amides is 1. The van der Waals surface area contributed by atoms with Crippen LogP contribution < -0.4 is 16.4 Å². The number of rotatable bonds is 6. The molecule has 1 aliphatic carbocycles. The monoisotopic (exact) mass is 483 g/mol. The van der Waals surface area contributed by atoms with Gasteiger partial charge < -0.3 is 21.1 Å². The molecule has 1 aliphatic heterocycles. The van der Waals surface area contributed by atoms with Crippen LogP contribution in [-0.2, 0) is 9.53 Å². The molecule has 1 aromatic heterocycles. The van der Waals surface area contributed by atoms with Crippen molar-refractivity contribution in [1.82, 2.24) is 9.55 Å². The second-order valence-corrected chi connectivity index (χ2v) is 9.33. The Kier molecular flexibility index (Phi) is 7.80. The van der Waals surface area contributed by atoms with Crippen LogP contribution in [0.3, 0.4) is 0 Å². The maximum absolute atomic E-state index is 14.7. The predicted octanol–water partition coefficient (Wildman–Crippen LogP) is 4.25. The quantitative estimate of drug-likeness (QED) is 0.419. The van der Waals surface area contributed by atoms with Crippen LogP contribution in [0.4, 0.5) is 21.8 Å². The Labute approximate surface area is 205 Å². The number of aromatic nitrogens is 2. The fraction of sp³-hybridized carbons (Fsp3) is 0.520. The number of guanidine groups is 1. The molecule has 1 amide bonds. The van der Waals surface area contributed by atoms with Gasteiger partial charge in [-0.3, -0.25) is 9.36 Å². The highest BCUT2D eigenvalue weighted by Gasteiger charge is 2.30. The van der Waals surface area contributed by atoms with Gasteiger partial charge in [0.1, 0.15) is 11.6 Å². The van der Waals surface area contributed by atoms with Crippen LogP contribution in [0.15, 0.2) is 28.2 Å². The third kappa shape index (κ3) is 5.87. The standard InChI is InChI=1S/C25H34FN7O2/c1-15-4-9-21(20(26)14-15)31-25-29-16(2)23(32-24(28-3)30-18-10-12-35-13-11-18)33(25)19-7-5-17(6-8-19)22(27)34/h4,9,14,17-19H,3,5-8,10-13H2,1-2H3,(H2,27,34)(H,29,31)(H,30,32). The average molecular weight is 484 g/mol. The maximum atomic E-state index is 14.7. The zero-order valence-electron chi connectivity index (χ0n) is 20.4. The van der Waals surface area contributed by atoms with E-state index in [0.29, 0.717) is 43.7 Å². The van der Waals surface area contributed by atoms with Crippen molar-refractivity contribution >= 4 is 36.0 Å². The summed E-state index contributed by atoms with van der Waals surface area (Å²) in [6, 6.07) is 5.20. The normalized spacial score (nSPS) is 21.5. The largest absolute Gasteiger partial charge is 0.381 e. The van der Waals surface area contributed by atoms with Crippen molar-refractivity contribution in [3.05, 3.63) is 35.3 Å². The van der Waals surface area contributed by atoms with Gasteiger partial charge in [0.2, 0.25) is 17.8 Å². The number of nitrogens with zero attached hydrogens (tertiary/aromatic N) is 4. The number of carbonyl (C=O) groups excluding carboxylic acids is 1. The summed E-state index contributed by atoms with van der Waals surface area (Å²) >= 11 is 0. The van der Waals surface area contributed by atoms with E-state index in [-0.39, 0.29) is 29.7 Å². The molecule has 2 aliphatic rings. The van der Waals surface area contributed by atoms with E-state index in [4.69, 9.17) is 20.4 Å². The summed E-state index contributed by atoms with van der Waals surface area (Å²) in [4.78, 5) is 25.3. The average Bonchev–Trinajstić information content (AvgIpc) is 3.15. The predicted molar refractivity (Wildman–Crippen MR) is 136 cm³/mol. The van der Waals surface area contributed by atoms with Crippen molar-refractivity contribution in [2.24, 2.45) is 21.6 Å². The fourth-order valence-electron chi connectivity index (χ4n) is 4.81. The number of imidazole rings is 1. The number of anilines is 3. The van der Waals surface area contributed by atoms with Crippen molar-refractivity contribution < 1.29 is 13.9 Å². The number of primary amides is 1. The molecule has 4 rings (SSSR count). The number of hydrogen-bond donors (Lipinski definition) is 3. The molecule has 2 fully saturated rings. The molecule has 0 radical (unpaired) electrons. The molecule has 10 heteroatoms. The summed E-state index contributed by atoms with van der Waals surface area (Å²) in [5, 5.41) is 6.50. The summed E-state index contributed by atoms with van der Waals surface area (Å²) in [5.41, 5.74) is 7.46. The van der Waals surface area contributed by atoms with Gasteiger partial charge in [-0.15, -0.1) is 0 Å². The molecule has 1 saturated carbocycles. The van der Waals surface area contributed by atoms with Crippen LogP contribution in [0, 0.1) is 25.6 Å². The summed E-state index contributed by atoms with van der Waals surface area (Å²) in [5.74, 6) is 0.924. The van der Waals surface area contributed by atoms with Gasteiger partial charge >= 0.3 is 0 Å². The number of ether oxygens (including phenoxy) is 1. The first kappa shape index (κ1) is 24.8. The van der Waals surface area contributed by atoms with Gasteiger partial charge in [0.25, 0.3) is 0 Å². The van der Waals surface area contributed by atoms with Crippen LogP contribution in [0.25, 0.3) is 0 Å². The van der Waals surface area contributed by atoms with E-state index in [1.54, 1.807) is 6.07 Å². The third-order valence-corrected chi connectivity index (χ3v) is 6.80. The highest BCUT2D eigenvalue weighted by atomic mass is 19.1. The molecular weight excluding hydrogens is 449 g/mol. The van der Waals surface area contributed by atoms with Crippen molar-refractivity contribution in [3.63, 3.8) is 0 Å². The van der Waals surface area contributed by atoms with Gasteiger partial charge in [-0.05, 0) is 76.8 Å². The number of nitrogens with one attached hydrogen (secondary N) is 2. The van der Waals surface area contributed by atoms with Crippen LogP contribution in [-0.4, -0.2) is 47.4 Å². The lowest BCUT2D eigenvalue weighted by Gasteiger charge is -2.30. The summed E-state index contributed by atoms with van der Waals surface area (Å²) in [6.07, 6.45) is 4.54. The van der Waals surface area contributed by atoms with E-state index in [1.807, 2.05) is 24.5 Å². The van der Waals surface area contributed by atoms with Crippen LogP contribution in [0.1, 0.15) is 55.8 Å². The Morgan fingerprint density at radius 1 is 1.20 bits per heavy atom. The maximum Gasteiger partial charge on any atom is 0.223 e. The first-order valence-corrected chi connectivity index (χ1v) is 12.2. The highest BCUT2D eigenvalue weighted by Crippen LogP contribution is 2.38. The van der Waals surface area contributed by atoms with Crippen molar-refractivity contribution in [3.8, 4) is 0 Å². The second kappa shape index (κ2) is 11.0. The molecule has 4 N–H and O–H groups in total. The lowest BCUT2D eigenvalue weighted by molar-refractivity contribution is -0.122. The topological polar surface area (TPSA) is 119 Å². The first-order chi connectivity index (χ1) is 16.9. The molecular formula is C25H34FN7O2. The zero-order valence-corrected chi connectivity index (χ0v) is 20.4. The SMILES string of the molecule is C=NC(=NC1CCOCC1)Nc1c(C)nc(Nc2ccc(C)cc2F)n1C1CCC(C(N)=O)CC1. The van der Waals surface area contributed by atoms with Gasteiger partial charge in [-0.2, -0.15) is 0 Å². The first-order valence-electron chi connectivity index (χ1n) is 12.2. The summed E-state index contributed by atoms with van der Waals surface area (Å²) < 4.78 is 22.1. The Bertz CT molecular complexity index is 1100. The van der Waals surface area contributed by atoms with E-state index < -0.39 is 0 Å². The molecule has 2 heterocycles. The van der Waals surface area contributed by atoms with Gasteiger partial charge in [0.15, 0.2) is 0 Å². The second-order valence-electron chi connectivity index (χ2n) is 9.33. The summed E-state index contributed by atoms with van der Waals surface area (Å²) in [6.45, 7) is 8.78. The van der Waals surface area contributed by atoms with Crippen molar-refractivity contribution in [2.75, 3.05) is 23.8 Å². The molecule has 0 bridgehead atoms. The number of aliphatic imine (C=N–C) groups is 2. The van der Waals surface area contributed by atoms with Crippen molar-refractivity contribution in [1.29, 1.82) is 0 Å². The van der Waals surface area contributed by atoms with Gasteiger partial charge in [-0.25, -0.2) is 19.4 Å². The van der Waals surface area contributed by atoms with Gasteiger partial charge in [0, 0.05) is 25.2 Å². The van der Waals surface area contributed by atoms with E-state index in [1.165, 1.54) is 6.07 Å². The molecule has 0 atom stereocenters. The Morgan fingerprint density at radius 3 is 2.54 bits per heavy atom. The zero-order chi connectivity index (χ0) is 24.9. The summed E-state index contributed by atoms with van der Waals surface area (Å²) in [7, 11) is 0. The van der Waals surface area contributed by atoms with E-state index in [9.17, 15) is 9.18 Å². The minimum absolute atomic E-state index is 0.0412. The Balaban J connectivity index is 1.67. The lowest BCUT2D eigenvalue weighted by atomic mass is 9.85. The number of hydrogen-bond acceptors (Lipinski definition) is 5. The molecule has 0 spiro atoms. The number of benzene rings is 1. The van der Waals surface area contributed by atoms with E-state index >= 15 is 0 Å². The molecule has 1 aromatic carbocycles. The van der Waals surface area contributed by atoms with Crippen molar-refractivity contribution in [2.45, 2.75) is 64.5 Å². The van der Waals surface area contributed by atoms with Crippen LogP contribution >= 0.6 is 0 Å². The Morgan fingerprint density at radius 2 is 1.91 bits per heavy atom. The number of aryl methyl sites for hydroxylation is 2. The molecule has 1 saturated heterocycles. The minimum atomic E-state index is -0.348. The number of nitrogens with two attached hydrogens (primary N) is 1. The third-order valence-electron chi connectivity index (χ3n) is 6.80. The van der Waals surface area contributed by atoms with Gasteiger partial charge in [0.05, 0.1) is 17.4 Å². The smallest absolute Gasteiger partial charge is 0.223 e. The highest BCUT2D eigenvalue weighted by molar-refractivity contribution is 5.96. The molecule has 2 aromatic rings. The van der Waals surface area contributed by atoms with E-state index in [0.717, 1.165) is 42.8 Å². The van der Waals surface area contributed by atoms with E-state index in [2.05, 4.69) is 22.3 Å². The fourth-order valence-corrected chi connectivity index (χ4v) is 4.81. The number of carbonyl (C=O) groups is 1. The number of halogens is 1. The van der Waals surface area contributed by atoms with Gasteiger partial charge in [-0.1, -0.05) is 6.07 Å². The Hall–Kier alpha value is -3.27. The lowest BCUT2D eigenvalue weighted by Crippen LogP contribution is -2.29. The van der Waals surface area contributed by atoms with Crippen LogP contribution in [0.2, 0.25) is 0 Å². The molecule has 9 nitrogen and oxygen atoms in total.